The van der Waals surface area contributed by atoms with Crippen LogP contribution in [0, 0.1) is 17.8 Å². The maximum absolute atomic E-state index is 5.99. The van der Waals surface area contributed by atoms with Crippen LogP contribution < -0.4 is 0 Å². The number of rotatable bonds is 27. The molecule has 3 heteroatoms. The maximum atomic E-state index is 5.99. The Hall–Kier alpha value is -0.120. The summed E-state index contributed by atoms with van der Waals surface area (Å²) in [6.07, 6.45) is 23.2. The van der Waals surface area contributed by atoms with E-state index in [1.54, 1.807) is 0 Å². The molecule has 0 amide bonds. The fraction of sp³-hybridized carbons (Fsp3) is 1.00. The molecule has 0 heterocycles. The SMILES string of the molecule is CC(C)CCCCCCCOC(OCCCCCCCC(C)C)OCCCCCCCC(C)C. The van der Waals surface area contributed by atoms with Gasteiger partial charge in [-0.2, -0.15) is 0 Å². The summed E-state index contributed by atoms with van der Waals surface area (Å²) in [6.45, 7) is 15.7. The molecule has 0 rings (SSSR count). The molecule has 0 radical (unpaired) electrons. The van der Waals surface area contributed by atoms with Crippen LogP contribution in [0.3, 0.4) is 0 Å². The molecule has 206 valence electrons. The third-order valence-electron chi connectivity index (χ3n) is 6.54. The van der Waals surface area contributed by atoms with Gasteiger partial charge in [-0.25, -0.2) is 0 Å². The normalized spacial score (nSPS) is 12.2. The summed E-state index contributed by atoms with van der Waals surface area (Å²) in [6, 6.07) is 0. The van der Waals surface area contributed by atoms with Crippen molar-refractivity contribution in [2.24, 2.45) is 17.8 Å². The molecule has 3 nitrogen and oxygen atoms in total. The third-order valence-corrected chi connectivity index (χ3v) is 6.54. The van der Waals surface area contributed by atoms with Gasteiger partial charge >= 0.3 is 0 Å². The Morgan fingerprint density at radius 3 is 0.824 bits per heavy atom. The van der Waals surface area contributed by atoms with Crippen molar-refractivity contribution < 1.29 is 14.2 Å². The first-order valence-electron chi connectivity index (χ1n) is 15.3. The van der Waals surface area contributed by atoms with Gasteiger partial charge in [0, 0.05) is 0 Å². The minimum Gasteiger partial charge on any atom is -0.330 e. The van der Waals surface area contributed by atoms with Gasteiger partial charge in [0.2, 0.25) is 0 Å². The van der Waals surface area contributed by atoms with Crippen LogP contribution >= 0.6 is 0 Å². The lowest BCUT2D eigenvalue weighted by molar-refractivity contribution is -0.288. The summed E-state index contributed by atoms with van der Waals surface area (Å²) in [4.78, 5) is 0. The first-order valence-corrected chi connectivity index (χ1v) is 15.3. The molecule has 0 atom stereocenters. The van der Waals surface area contributed by atoms with Crippen LogP contribution in [0.1, 0.15) is 157 Å². The van der Waals surface area contributed by atoms with E-state index in [9.17, 15) is 0 Å². The van der Waals surface area contributed by atoms with E-state index in [0.29, 0.717) is 0 Å². The molecule has 0 N–H and O–H groups in total. The van der Waals surface area contributed by atoms with E-state index in [4.69, 9.17) is 14.2 Å². The number of unbranched alkanes of at least 4 members (excludes halogenated alkanes) is 12. The largest absolute Gasteiger partial charge is 0.330 e. The topological polar surface area (TPSA) is 27.7 Å². The van der Waals surface area contributed by atoms with Crippen molar-refractivity contribution in [2.45, 2.75) is 164 Å². The highest BCUT2D eigenvalue weighted by molar-refractivity contribution is 4.51. The van der Waals surface area contributed by atoms with E-state index < -0.39 is 6.48 Å². The predicted molar refractivity (Wildman–Crippen MR) is 149 cm³/mol. The van der Waals surface area contributed by atoms with Crippen LogP contribution in [-0.2, 0) is 14.2 Å². The predicted octanol–water partition coefficient (Wildman–Crippen LogP) is 10.3. The lowest BCUT2D eigenvalue weighted by Gasteiger charge is -2.19. The third kappa shape index (κ3) is 28.1. The van der Waals surface area contributed by atoms with Crippen LogP contribution in [0.5, 0.6) is 0 Å². The molecule has 0 aliphatic heterocycles. The molecule has 0 fully saturated rings. The zero-order valence-corrected chi connectivity index (χ0v) is 24.4. The van der Waals surface area contributed by atoms with Crippen molar-refractivity contribution in [3.63, 3.8) is 0 Å². The smallest absolute Gasteiger partial charge is 0.271 e. The summed E-state index contributed by atoms with van der Waals surface area (Å²) in [5.41, 5.74) is 0. The van der Waals surface area contributed by atoms with Gasteiger partial charge in [-0.15, -0.1) is 0 Å². The standard InChI is InChI=1S/C31H64O3/c1-28(2)22-16-10-7-13-19-25-32-31(33-26-20-14-8-11-17-23-29(3)4)34-27-21-15-9-12-18-24-30(5)6/h28-31H,7-27H2,1-6H3. The number of hydrogen-bond acceptors (Lipinski definition) is 3. The summed E-state index contributed by atoms with van der Waals surface area (Å²) in [5, 5.41) is 0. The van der Waals surface area contributed by atoms with E-state index >= 15 is 0 Å². The van der Waals surface area contributed by atoms with E-state index in [1.165, 1.54) is 96.3 Å². The number of ether oxygens (including phenoxy) is 3. The molecule has 0 unspecified atom stereocenters. The summed E-state index contributed by atoms with van der Waals surface area (Å²) in [7, 11) is 0. The summed E-state index contributed by atoms with van der Waals surface area (Å²) in [5.74, 6) is 2.50. The minimum absolute atomic E-state index is 0.470. The highest BCUT2D eigenvalue weighted by Crippen LogP contribution is 2.14. The molecular formula is C31H64O3. The van der Waals surface area contributed by atoms with Crippen LogP contribution in [0.2, 0.25) is 0 Å². The quantitative estimate of drug-likeness (QED) is 0.0857. The second-order valence-electron chi connectivity index (χ2n) is 11.8. The van der Waals surface area contributed by atoms with E-state index in [2.05, 4.69) is 41.5 Å². The first-order chi connectivity index (χ1) is 16.4. The second kappa shape index (κ2) is 26.0. The van der Waals surface area contributed by atoms with Crippen molar-refractivity contribution in [1.29, 1.82) is 0 Å². The molecule has 34 heavy (non-hydrogen) atoms. The van der Waals surface area contributed by atoms with Gasteiger partial charge < -0.3 is 14.2 Å². The lowest BCUT2D eigenvalue weighted by atomic mass is 10.0. The summed E-state index contributed by atoms with van der Waals surface area (Å²) >= 11 is 0. The van der Waals surface area contributed by atoms with Crippen molar-refractivity contribution >= 4 is 0 Å². The molecule has 0 bridgehead atoms. The van der Waals surface area contributed by atoms with Gasteiger partial charge in [0.1, 0.15) is 0 Å². The monoisotopic (exact) mass is 484 g/mol. The van der Waals surface area contributed by atoms with Crippen molar-refractivity contribution in [3.05, 3.63) is 0 Å². The molecular weight excluding hydrogens is 420 g/mol. The summed E-state index contributed by atoms with van der Waals surface area (Å²) < 4.78 is 18.0. The van der Waals surface area contributed by atoms with Crippen LogP contribution in [0.25, 0.3) is 0 Å². The molecule has 0 aromatic heterocycles. The molecule has 0 saturated heterocycles. The van der Waals surface area contributed by atoms with Gasteiger partial charge in [0.15, 0.2) is 0 Å². The Balaban J connectivity index is 3.91. The Morgan fingerprint density at radius 1 is 0.324 bits per heavy atom. The molecule has 0 aromatic rings. The molecule has 0 aromatic carbocycles. The van der Waals surface area contributed by atoms with Crippen molar-refractivity contribution in [1.82, 2.24) is 0 Å². The molecule has 0 saturated carbocycles. The van der Waals surface area contributed by atoms with Crippen molar-refractivity contribution in [3.8, 4) is 0 Å². The molecule has 0 aliphatic rings. The van der Waals surface area contributed by atoms with Crippen molar-refractivity contribution in [2.75, 3.05) is 19.8 Å². The average Bonchev–Trinajstić information content (AvgIpc) is 2.77. The Bertz CT molecular complexity index is 324. The van der Waals surface area contributed by atoms with Crippen LogP contribution in [-0.4, -0.2) is 26.3 Å². The fourth-order valence-electron chi connectivity index (χ4n) is 4.24. The van der Waals surface area contributed by atoms with Gasteiger partial charge in [-0.05, 0) is 37.0 Å². The Morgan fingerprint density at radius 2 is 0.559 bits per heavy atom. The van der Waals surface area contributed by atoms with E-state index in [0.717, 1.165) is 56.8 Å². The second-order valence-corrected chi connectivity index (χ2v) is 11.8. The minimum atomic E-state index is -0.470. The fourth-order valence-corrected chi connectivity index (χ4v) is 4.24. The first kappa shape index (κ1) is 33.9. The maximum Gasteiger partial charge on any atom is 0.271 e. The zero-order valence-electron chi connectivity index (χ0n) is 24.4. The van der Waals surface area contributed by atoms with Gasteiger partial charge in [-0.1, -0.05) is 138 Å². The highest BCUT2D eigenvalue weighted by atomic mass is 16.8. The zero-order chi connectivity index (χ0) is 25.3. The van der Waals surface area contributed by atoms with E-state index in [1.807, 2.05) is 0 Å². The van der Waals surface area contributed by atoms with E-state index in [-0.39, 0.29) is 0 Å². The lowest BCUT2D eigenvalue weighted by Crippen LogP contribution is -2.23. The Kier molecular flexibility index (Phi) is 25.9. The Labute approximate surface area is 215 Å². The van der Waals surface area contributed by atoms with Gasteiger partial charge in [0.05, 0.1) is 19.8 Å². The van der Waals surface area contributed by atoms with Crippen LogP contribution in [0.15, 0.2) is 0 Å². The van der Waals surface area contributed by atoms with Crippen LogP contribution in [0.4, 0.5) is 0 Å². The van der Waals surface area contributed by atoms with Gasteiger partial charge in [-0.3, -0.25) is 0 Å². The average molecular weight is 485 g/mol. The highest BCUT2D eigenvalue weighted by Gasteiger charge is 2.10. The number of hydrogen-bond donors (Lipinski definition) is 0. The molecule has 0 spiro atoms. The molecule has 0 aliphatic carbocycles. The van der Waals surface area contributed by atoms with Gasteiger partial charge in [0.25, 0.3) is 6.48 Å².